The Labute approximate surface area is 162 Å². The van der Waals surface area contributed by atoms with Crippen LogP contribution in [0, 0.1) is 34.6 Å². The molecule has 2 heterocycles. The molecule has 0 unspecified atom stereocenters. The topological polar surface area (TPSA) is 79.8 Å². The van der Waals surface area contributed by atoms with Gasteiger partial charge in [-0.3, -0.25) is 14.7 Å². The number of nitrogens with one attached hydrogen (secondary N) is 2. The van der Waals surface area contributed by atoms with Gasteiger partial charge in [0.1, 0.15) is 0 Å². The van der Waals surface area contributed by atoms with Crippen molar-refractivity contribution in [1.82, 2.24) is 14.8 Å². The number of carbonyl (C=O) groups is 1. The fraction of sp³-hybridized carbons (Fsp3) is 0.350. The van der Waals surface area contributed by atoms with Crippen LogP contribution in [0.3, 0.4) is 0 Å². The smallest absolute Gasteiger partial charge is 0.276 e. The molecular weight excluding hydrogens is 360 g/mol. The van der Waals surface area contributed by atoms with Crippen molar-refractivity contribution in [1.29, 1.82) is 0 Å². The van der Waals surface area contributed by atoms with Crippen LogP contribution in [0.25, 0.3) is 5.13 Å². The van der Waals surface area contributed by atoms with Gasteiger partial charge in [0.25, 0.3) is 5.56 Å². The number of aryl methyl sites for hydroxylation is 5. The van der Waals surface area contributed by atoms with E-state index in [0.717, 1.165) is 33.1 Å². The largest absolute Gasteiger partial charge is 0.326 e. The van der Waals surface area contributed by atoms with Crippen LogP contribution in [0.2, 0.25) is 0 Å². The third kappa shape index (κ3) is 4.03. The highest BCUT2D eigenvalue weighted by Gasteiger charge is 2.16. The van der Waals surface area contributed by atoms with Crippen LogP contribution < -0.4 is 10.9 Å². The quantitative estimate of drug-likeness (QED) is 0.703. The Balaban J connectivity index is 1.72. The molecule has 0 saturated carbocycles. The van der Waals surface area contributed by atoms with Crippen LogP contribution in [0.1, 0.15) is 39.4 Å². The number of nitrogens with zero attached hydrogens (tertiary/aromatic N) is 2. The molecule has 1 amide bonds. The molecule has 2 N–H and O–H groups in total. The second-order valence-corrected chi connectivity index (χ2v) is 8.04. The zero-order valence-corrected chi connectivity index (χ0v) is 17.1. The third-order valence-electron chi connectivity index (χ3n) is 4.66. The maximum atomic E-state index is 12.7. The second kappa shape index (κ2) is 7.52. The zero-order chi connectivity index (χ0) is 19.7. The zero-order valence-electron chi connectivity index (χ0n) is 16.3. The number of carbonyl (C=O) groups excluding carboxylic acids is 1. The van der Waals surface area contributed by atoms with Crippen LogP contribution in [-0.4, -0.2) is 20.7 Å². The number of thiazole rings is 1. The second-order valence-electron chi connectivity index (χ2n) is 6.86. The van der Waals surface area contributed by atoms with E-state index in [2.05, 4.69) is 15.4 Å². The summed E-state index contributed by atoms with van der Waals surface area (Å²) in [5.41, 5.74) is 5.16. The van der Waals surface area contributed by atoms with Gasteiger partial charge in [0.05, 0.1) is 5.69 Å². The molecule has 3 rings (SSSR count). The minimum absolute atomic E-state index is 0.102. The van der Waals surface area contributed by atoms with Crippen LogP contribution in [0.15, 0.2) is 23.0 Å². The molecule has 27 heavy (non-hydrogen) atoms. The van der Waals surface area contributed by atoms with Gasteiger partial charge in [-0.1, -0.05) is 29.0 Å². The van der Waals surface area contributed by atoms with Gasteiger partial charge in [-0.05, 0) is 52.7 Å². The van der Waals surface area contributed by atoms with Crippen molar-refractivity contribution >= 4 is 22.9 Å². The van der Waals surface area contributed by atoms with Crippen molar-refractivity contribution in [3.63, 3.8) is 0 Å². The Hall–Kier alpha value is -2.67. The first-order valence-electron chi connectivity index (χ1n) is 8.88. The molecule has 0 bridgehead atoms. The van der Waals surface area contributed by atoms with Crippen LogP contribution in [-0.2, 0) is 11.2 Å². The van der Waals surface area contributed by atoms with E-state index in [4.69, 9.17) is 0 Å². The van der Waals surface area contributed by atoms with E-state index in [-0.39, 0.29) is 17.9 Å². The molecule has 0 aliphatic heterocycles. The van der Waals surface area contributed by atoms with E-state index >= 15 is 0 Å². The minimum atomic E-state index is -0.138. The lowest BCUT2D eigenvalue weighted by molar-refractivity contribution is -0.116. The Morgan fingerprint density at radius 3 is 2.59 bits per heavy atom. The Bertz CT molecular complexity index is 1040. The summed E-state index contributed by atoms with van der Waals surface area (Å²) in [6, 6.07) is 5.91. The van der Waals surface area contributed by atoms with Crippen molar-refractivity contribution < 1.29 is 4.79 Å². The van der Waals surface area contributed by atoms with E-state index < -0.39 is 0 Å². The van der Waals surface area contributed by atoms with Crippen molar-refractivity contribution in [2.45, 2.75) is 47.5 Å². The summed E-state index contributed by atoms with van der Waals surface area (Å²) in [7, 11) is 0. The minimum Gasteiger partial charge on any atom is -0.326 e. The number of hydrogen-bond donors (Lipinski definition) is 2. The van der Waals surface area contributed by atoms with E-state index in [9.17, 15) is 9.59 Å². The van der Waals surface area contributed by atoms with E-state index in [1.54, 1.807) is 0 Å². The van der Waals surface area contributed by atoms with Crippen LogP contribution >= 0.6 is 11.3 Å². The molecule has 0 fully saturated rings. The van der Waals surface area contributed by atoms with Crippen molar-refractivity contribution in [3.05, 3.63) is 61.5 Å². The van der Waals surface area contributed by atoms with Crippen molar-refractivity contribution in [3.8, 4) is 5.13 Å². The summed E-state index contributed by atoms with van der Waals surface area (Å²) in [6.45, 7) is 9.74. The molecule has 3 aromatic rings. The molecule has 0 aliphatic rings. The Kier molecular flexibility index (Phi) is 5.32. The number of aromatic amines is 1. The Morgan fingerprint density at radius 2 is 1.96 bits per heavy atom. The summed E-state index contributed by atoms with van der Waals surface area (Å²) in [5, 5.41) is 6.64. The molecule has 2 aromatic heterocycles. The van der Waals surface area contributed by atoms with Crippen LogP contribution in [0.4, 0.5) is 5.69 Å². The van der Waals surface area contributed by atoms with Gasteiger partial charge in [-0.25, -0.2) is 4.98 Å². The fourth-order valence-corrected chi connectivity index (χ4v) is 3.84. The summed E-state index contributed by atoms with van der Waals surface area (Å²) in [4.78, 5) is 30.6. The monoisotopic (exact) mass is 384 g/mol. The maximum absolute atomic E-state index is 12.7. The average molecular weight is 385 g/mol. The first-order valence-corrected chi connectivity index (χ1v) is 9.70. The predicted molar refractivity (Wildman–Crippen MR) is 109 cm³/mol. The van der Waals surface area contributed by atoms with Crippen LogP contribution in [0.5, 0.6) is 0 Å². The van der Waals surface area contributed by atoms with Crippen molar-refractivity contribution in [2.75, 3.05) is 5.32 Å². The standard InChI is InChI=1S/C20H24N4O2S/c1-11-6-8-17(12(2)10-11)22-18(25)9-7-16-14(4)23-24(19(16)26)20-21-13(3)15(5)27-20/h6,8,10,23H,7,9H2,1-5H3,(H,22,25). The van der Waals surface area contributed by atoms with E-state index in [1.165, 1.54) is 16.0 Å². The number of hydrogen-bond acceptors (Lipinski definition) is 4. The van der Waals surface area contributed by atoms with Crippen molar-refractivity contribution in [2.24, 2.45) is 0 Å². The van der Waals surface area contributed by atoms with E-state index in [1.807, 2.05) is 52.8 Å². The fourth-order valence-electron chi connectivity index (χ4n) is 2.97. The van der Waals surface area contributed by atoms with Gasteiger partial charge >= 0.3 is 0 Å². The van der Waals surface area contributed by atoms with Gasteiger partial charge in [-0.2, -0.15) is 4.68 Å². The number of anilines is 1. The van der Waals surface area contributed by atoms with Gasteiger partial charge in [0.2, 0.25) is 11.0 Å². The molecule has 7 heteroatoms. The summed E-state index contributed by atoms with van der Waals surface area (Å²) in [6.07, 6.45) is 0.630. The molecule has 142 valence electrons. The highest BCUT2D eigenvalue weighted by atomic mass is 32.1. The normalized spacial score (nSPS) is 11.0. The molecule has 0 atom stereocenters. The Morgan fingerprint density at radius 1 is 1.22 bits per heavy atom. The summed E-state index contributed by atoms with van der Waals surface area (Å²) in [5.74, 6) is -0.102. The molecule has 0 saturated heterocycles. The maximum Gasteiger partial charge on any atom is 0.276 e. The number of amides is 1. The summed E-state index contributed by atoms with van der Waals surface area (Å²) >= 11 is 1.47. The molecule has 6 nitrogen and oxygen atoms in total. The lowest BCUT2D eigenvalue weighted by Crippen LogP contribution is -2.19. The third-order valence-corrected chi connectivity index (χ3v) is 5.72. The lowest BCUT2D eigenvalue weighted by Gasteiger charge is -2.08. The molecule has 0 radical (unpaired) electrons. The SMILES string of the molecule is Cc1ccc(NC(=O)CCc2c(C)[nH]n(-c3nc(C)c(C)s3)c2=O)c(C)c1. The predicted octanol–water partition coefficient (Wildman–Crippen LogP) is 3.74. The number of benzene rings is 1. The molecule has 0 aliphatic carbocycles. The summed E-state index contributed by atoms with van der Waals surface area (Å²) < 4.78 is 1.47. The molecular formula is C20H24N4O2S. The highest BCUT2D eigenvalue weighted by Crippen LogP contribution is 2.20. The molecule has 0 spiro atoms. The number of H-pyrrole nitrogens is 1. The number of rotatable bonds is 5. The highest BCUT2D eigenvalue weighted by molar-refractivity contribution is 7.14. The lowest BCUT2D eigenvalue weighted by atomic mass is 10.1. The van der Waals surface area contributed by atoms with Gasteiger partial charge in [0.15, 0.2) is 0 Å². The van der Waals surface area contributed by atoms with Gasteiger partial charge < -0.3 is 5.32 Å². The first kappa shape index (κ1) is 19.1. The number of aromatic nitrogens is 3. The van der Waals surface area contributed by atoms with Gasteiger partial charge in [-0.15, -0.1) is 0 Å². The van der Waals surface area contributed by atoms with E-state index in [0.29, 0.717) is 17.1 Å². The van der Waals surface area contributed by atoms with Gasteiger partial charge in [0, 0.05) is 28.2 Å². The average Bonchev–Trinajstić information content (AvgIpc) is 3.07. The first-order chi connectivity index (χ1) is 12.8. The molecule has 1 aromatic carbocycles.